The van der Waals surface area contributed by atoms with E-state index in [-0.39, 0.29) is 17.3 Å². The fourth-order valence-electron chi connectivity index (χ4n) is 1.38. The SMILES string of the molecule is CC(C)NC(=O)NC(=O)COC(=O)c1cc(Cl)ccc1N. The van der Waals surface area contributed by atoms with Crippen molar-refractivity contribution >= 4 is 35.2 Å². The summed E-state index contributed by atoms with van der Waals surface area (Å²) in [6, 6.07) is 3.54. The number of nitrogens with one attached hydrogen (secondary N) is 2. The van der Waals surface area contributed by atoms with Gasteiger partial charge in [-0.25, -0.2) is 9.59 Å². The van der Waals surface area contributed by atoms with Gasteiger partial charge in [0.15, 0.2) is 6.61 Å². The lowest BCUT2D eigenvalue weighted by atomic mass is 10.2. The predicted molar refractivity (Wildman–Crippen MR) is 78.0 cm³/mol. The molecule has 0 unspecified atom stereocenters. The molecule has 0 bridgehead atoms. The summed E-state index contributed by atoms with van der Waals surface area (Å²) in [7, 11) is 0. The molecule has 8 heteroatoms. The number of halogens is 1. The Morgan fingerprint density at radius 3 is 2.62 bits per heavy atom. The second-order valence-corrected chi connectivity index (χ2v) is 4.92. The van der Waals surface area contributed by atoms with E-state index in [0.717, 1.165) is 0 Å². The lowest BCUT2D eigenvalue weighted by molar-refractivity contribution is -0.123. The Balaban J connectivity index is 2.51. The lowest BCUT2D eigenvalue weighted by Crippen LogP contribution is -2.44. The molecule has 0 heterocycles. The molecular formula is C13H16ClN3O4. The van der Waals surface area contributed by atoms with E-state index in [0.29, 0.717) is 5.02 Å². The van der Waals surface area contributed by atoms with E-state index in [1.807, 2.05) is 5.32 Å². The predicted octanol–water partition coefficient (Wildman–Crippen LogP) is 1.31. The van der Waals surface area contributed by atoms with E-state index >= 15 is 0 Å². The molecule has 3 amide bonds. The van der Waals surface area contributed by atoms with Crippen molar-refractivity contribution in [2.75, 3.05) is 12.3 Å². The molecule has 7 nitrogen and oxygen atoms in total. The van der Waals surface area contributed by atoms with Gasteiger partial charge < -0.3 is 15.8 Å². The van der Waals surface area contributed by atoms with Crippen LogP contribution in [0.1, 0.15) is 24.2 Å². The largest absolute Gasteiger partial charge is 0.452 e. The second kappa shape index (κ2) is 7.49. The van der Waals surface area contributed by atoms with E-state index in [2.05, 4.69) is 5.32 Å². The third-order valence-electron chi connectivity index (χ3n) is 2.24. The average molecular weight is 314 g/mol. The van der Waals surface area contributed by atoms with Gasteiger partial charge in [-0.05, 0) is 32.0 Å². The summed E-state index contributed by atoms with van der Waals surface area (Å²) in [6.45, 7) is 2.88. The van der Waals surface area contributed by atoms with E-state index in [4.69, 9.17) is 22.1 Å². The van der Waals surface area contributed by atoms with Gasteiger partial charge in [0.1, 0.15) is 0 Å². The smallest absolute Gasteiger partial charge is 0.340 e. The molecule has 0 radical (unpaired) electrons. The number of rotatable bonds is 4. The number of esters is 1. The van der Waals surface area contributed by atoms with Gasteiger partial charge in [-0.1, -0.05) is 11.6 Å². The number of nitrogen functional groups attached to an aromatic ring is 1. The number of amides is 3. The number of anilines is 1. The number of carbonyl (C=O) groups is 3. The molecule has 0 spiro atoms. The fraction of sp³-hybridized carbons (Fsp3) is 0.308. The van der Waals surface area contributed by atoms with Gasteiger partial charge >= 0.3 is 12.0 Å². The molecule has 21 heavy (non-hydrogen) atoms. The third kappa shape index (κ3) is 5.70. The topological polar surface area (TPSA) is 111 Å². The van der Waals surface area contributed by atoms with E-state index < -0.39 is 24.5 Å². The summed E-state index contributed by atoms with van der Waals surface area (Å²) in [5, 5.41) is 4.80. The molecule has 0 saturated carbocycles. The molecule has 0 fully saturated rings. The van der Waals surface area contributed by atoms with Crippen LogP contribution in [0, 0.1) is 0 Å². The van der Waals surface area contributed by atoms with Gasteiger partial charge in [0.25, 0.3) is 5.91 Å². The number of benzene rings is 1. The first-order valence-electron chi connectivity index (χ1n) is 6.12. The Morgan fingerprint density at radius 2 is 2.00 bits per heavy atom. The van der Waals surface area contributed by atoms with E-state index in [1.165, 1.54) is 18.2 Å². The molecule has 0 aromatic heterocycles. The Morgan fingerprint density at radius 1 is 1.33 bits per heavy atom. The maximum absolute atomic E-state index is 11.7. The highest BCUT2D eigenvalue weighted by Crippen LogP contribution is 2.18. The van der Waals surface area contributed by atoms with Crippen molar-refractivity contribution in [3.05, 3.63) is 28.8 Å². The van der Waals surface area contributed by atoms with Crippen molar-refractivity contribution < 1.29 is 19.1 Å². The fourth-order valence-corrected chi connectivity index (χ4v) is 1.55. The Kier molecular flexibility index (Phi) is 5.98. The van der Waals surface area contributed by atoms with Crippen LogP contribution in [0.3, 0.4) is 0 Å². The van der Waals surface area contributed by atoms with Crippen molar-refractivity contribution in [3.8, 4) is 0 Å². The molecule has 0 aliphatic carbocycles. The third-order valence-corrected chi connectivity index (χ3v) is 2.48. The summed E-state index contributed by atoms with van der Waals surface area (Å²) in [6.07, 6.45) is 0. The van der Waals surface area contributed by atoms with Gasteiger partial charge in [0, 0.05) is 16.8 Å². The second-order valence-electron chi connectivity index (χ2n) is 4.48. The maximum atomic E-state index is 11.7. The Hall–Kier alpha value is -2.28. The van der Waals surface area contributed by atoms with Crippen LogP contribution < -0.4 is 16.4 Å². The molecule has 1 aromatic carbocycles. The van der Waals surface area contributed by atoms with Crippen LogP contribution in [0.2, 0.25) is 5.02 Å². The van der Waals surface area contributed by atoms with Gasteiger partial charge in [-0.2, -0.15) is 0 Å². The van der Waals surface area contributed by atoms with Crippen molar-refractivity contribution in [1.82, 2.24) is 10.6 Å². The van der Waals surface area contributed by atoms with Crippen LogP contribution in [0.15, 0.2) is 18.2 Å². The van der Waals surface area contributed by atoms with Gasteiger partial charge in [0.05, 0.1) is 5.56 Å². The minimum Gasteiger partial charge on any atom is -0.452 e. The Bertz CT molecular complexity index is 560. The molecule has 0 aliphatic rings. The number of hydrogen-bond donors (Lipinski definition) is 3. The van der Waals surface area contributed by atoms with Crippen LogP contribution >= 0.6 is 11.6 Å². The molecule has 0 aliphatic heterocycles. The van der Waals surface area contributed by atoms with Gasteiger partial charge in [0.2, 0.25) is 0 Å². The van der Waals surface area contributed by atoms with Crippen LogP contribution in [-0.2, 0) is 9.53 Å². The first-order chi connectivity index (χ1) is 9.79. The van der Waals surface area contributed by atoms with Crippen LogP contribution in [-0.4, -0.2) is 30.6 Å². The monoisotopic (exact) mass is 313 g/mol. The highest BCUT2D eigenvalue weighted by atomic mass is 35.5. The zero-order valence-electron chi connectivity index (χ0n) is 11.6. The molecule has 114 valence electrons. The van der Waals surface area contributed by atoms with E-state index in [1.54, 1.807) is 13.8 Å². The van der Waals surface area contributed by atoms with Crippen LogP contribution in [0.25, 0.3) is 0 Å². The zero-order chi connectivity index (χ0) is 16.0. The standard InChI is InChI=1S/C13H16ClN3O4/c1-7(2)16-13(20)17-11(18)6-21-12(19)9-5-8(14)3-4-10(9)15/h3-5,7H,6,15H2,1-2H3,(H2,16,17,18,20). The van der Waals surface area contributed by atoms with Crippen LogP contribution in [0.4, 0.5) is 10.5 Å². The van der Waals surface area contributed by atoms with Crippen molar-refractivity contribution in [1.29, 1.82) is 0 Å². The van der Waals surface area contributed by atoms with E-state index in [9.17, 15) is 14.4 Å². The summed E-state index contributed by atoms with van der Waals surface area (Å²) in [4.78, 5) is 34.4. The normalized spacial score (nSPS) is 10.1. The quantitative estimate of drug-likeness (QED) is 0.573. The van der Waals surface area contributed by atoms with Gasteiger partial charge in [-0.15, -0.1) is 0 Å². The van der Waals surface area contributed by atoms with Crippen LogP contribution in [0.5, 0.6) is 0 Å². The lowest BCUT2D eigenvalue weighted by Gasteiger charge is -2.10. The van der Waals surface area contributed by atoms with Crippen molar-refractivity contribution in [2.45, 2.75) is 19.9 Å². The highest BCUT2D eigenvalue weighted by Gasteiger charge is 2.15. The van der Waals surface area contributed by atoms with Crippen molar-refractivity contribution in [2.24, 2.45) is 0 Å². The number of carbonyl (C=O) groups excluding carboxylic acids is 3. The number of imide groups is 1. The van der Waals surface area contributed by atoms with Gasteiger partial charge in [-0.3, -0.25) is 10.1 Å². The molecule has 1 aromatic rings. The Labute approximate surface area is 126 Å². The minimum absolute atomic E-state index is 0.0573. The summed E-state index contributed by atoms with van der Waals surface area (Å²) in [5.74, 6) is -1.54. The number of nitrogens with two attached hydrogens (primary N) is 1. The minimum atomic E-state index is -0.797. The first-order valence-corrected chi connectivity index (χ1v) is 6.50. The summed E-state index contributed by atoms with van der Waals surface area (Å²) in [5.41, 5.74) is 5.85. The molecule has 1 rings (SSSR count). The zero-order valence-corrected chi connectivity index (χ0v) is 12.4. The highest BCUT2D eigenvalue weighted by molar-refractivity contribution is 6.31. The summed E-state index contributed by atoms with van der Waals surface area (Å²) >= 11 is 5.75. The summed E-state index contributed by atoms with van der Waals surface area (Å²) < 4.78 is 4.76. The number of urea groups is 1. The average Bonchev–Trinajstić information content (AvgIpc) is 2.37. The number of hydrogen-bond acceptors (Lipinski definition) is 5. The molecule has 4 N–H and O–H groups in total. The van der Waals surface area contributed by atoms with Crippen molar-refractivity contribution in [3.63, 3.8) is 0 Å². The number of ether oxygens (including phenoxy) is 1. The maximum Gasteiger partial charge on any atom is 0.340 e. The molecule has 0 atom stereocenters. The molecular weight excluding hydrogens is 298 g/mol. The molecule has 0 saturated heterocycles. The first kappa shape index (κ1) is 16.8.